The molecule has 0 radical (unpaired) electrons. The smallest absolute Gasteiger partial charge is 0.119 e. The van der Waals surface area contributed by atoms with E-state index in [2.05, 4.69) is 0 Å². The van der Waals surface area contributed by atoms with Crippen molar-refractivity contribution in [2.45, 2.75) is 0 Å². The summed E-state index contributed by atoms with van der Waals surface area (Å²) >= 11 is 0. The molecule has 0 fully saturated rings. The van der Waals surface area contributed by atoms with Gasteiger partial charge in [-0.3, -0.25) is 0 Å². The molecule has 2 heteroatoms. The van der Waals surface area contributed by atoms with E-state index in [1.807, 2.05) is 0 Å². The van der Waals surface area contributed by atoms with Gasteiger partial charge >= 0.3 is 0 Å². The first kappa shape index (κ1) is 3.77. The molecule has 0 atom stereocenters. The Hall–Kier alpha value is -1.18. The number of hydrogen-bond acceptors (Lipinski definition) is 2. The SMILES string of the molecule is [2H]c1cc(OC)cc([2H])c1N. The highest BCUT2D eigenvalue weighted by molar-refractivity contribution is 5.41. The normalized spacial score (nSPS) is 12.1. The van der Waals surface area contributed by atoms with Gasteiger partial charge in [0.25, 0.3) is 0 Å². The minimum Gasteiger partial charge on any atom is -0.497 e. The average molecular weight is 125 g/mol. The second-order valence-corrected chi connectivity index (χ2v) is 1.60. The lowest BCUT2D eigenvalue weighted by Crippen LogP contribution is -1.84. The monoisotopic (exact) mass is 125 g/mol. The summed E-state index contributed by atoms with van der Waals surface area (Å²) < 4.78 is 19.4. The molecule has 48 valence electrons. The molecule has 0 unspecified atom stereocenters. The fraction of sp³-hybridized carbons (Fsp3) is 0.143. The number of anilines is 1. The molecule has 2 nitrogen and oxygen atoms in total. The molecule has 0 spiro atoms. The van der Waals surface area contributed by atoms with Gasteiger partial charge in [-0.1, -0.05) is 0 Å². The van der Waals surface area contributed by atoms with Gasteiger partial charge in [0.05, 0.1) is 9.85 Å². The third-order valence-corrected chi connectivity index (χ3v) is 0.976. The van der Waals surface area contributed by atoms with Crippen LogP contribution in [0.15, 0.2) is 24.2 Å². The predicted octanol–water partition coefficient (Wildman–Crippen LogP) is 1.28. The summed E-state index contributed by atoms with van der Waals surface area (Å²) in [6.07, 6.45) is 0. The maximum Gasteiger partial charge on any atom is 0.119 e. The zero-order chi connectivity index (χ0) is 8.43. The number of hydrogen-bond donors (Lipinski definition) is 1. The summed E-state index contributed by atoms with van der Waals surface area (Å²) in [5.41, 5.74) is 5.56. The first-order valence-corrected chi connectivity index (χ1v) is 2.56. The van der Waals surface area contributed by atoms with Gasteiger partial charge in [0.15, 0.2) is 0 Å². The Morgan fingerprint density at radius 1 is 1.56 bits per heavy atom. The summed E-state index contributed by atoms with van der Waals surface area (Å²) in [5.74, 6) is 0.495. The highest BCUT2D eigenvalue weighted by atomic mass is 16.5. The molecule has 1 aromatic carbocycles. The van der Waals surface area contributed by atoms with Gasteiger partial charge in [0.2, 0.25) is 0 Å². The number of rotatable bonds is 1. The van der Waals surface area contributed by atoms with E-state index in [9.17, 15) is 0 Å². The first-order chi connectivity index (χ1) is 5.15. The Morgan fingerprint density at radius 2 is 2.11 bits per heavy atom. The van der Waals surface area contributed by atoms with Crippen molar-refractivity contribution in [1.82, 2.24) is 0 Å². The van der Waals surface area contributed by atoms with Crippen molar-refractivity contribution in [2.75, 3.05) is 12.8 Å². The molecule has 0 aliphatic carbocycles. The number of nitrogens with two attached hydrogens (primary N) is 1. The van der Waals surface area contributed by atoms with Crippen molar-refractivity contribution >= 4 is 5.69 Å². The van der Waals surface area contributed by atoms with E-state index < -0.39 is 0 Å². The summed E-state index contributed by atoms with van der Waals surface area (Å²) in [5, 5.41) is 0. The zero-order valence-electron chi connectivity index (χ0n) is 7.14. The largest absolute Gasteiger partial charge is 0.497 e. The fourth-order valence-corrected chi connectivity index (χ4v) is 0.499. The molecule has 0 aromatic heterocycles. The molecule has 0 aliphatic heterocycles. The molecule has 0 saturated heterocycles. The van der Waals surface area contributed by atoms with E-state index in [0.717, 1.165) is 0 Å². The Morgan fingerprint density at radius 3 is 2.56 bits per heavy atom. The molecule has 1 aromatic rings. The lowest BCUT2D eigenvalue weighted by molar-refractivity contribution is 0.415. The Kier molecular flexibility index (Phi) is 1.00. The summed E-state index contributed by atoms with van der Waals surface area (Å²) in [6.45, 7) is 0. The molecule has 9 heavy (non-hydrogen) atoms. The van der Waals surface area contributed by atoms with Crippen molar-refractivity contribution in [3.63, 3.8) is 0 Å². The van der Waals surface area contributed by atoms with Gasteiger partial charge in [-0.2, -0.15) is 0 Å². The molecule has 2 N–H and O–H groups in total. The fourth-order valence-electron chi connectivity index (χ4n) is 0.499. The second kappa shape index (κ2) is 2.40. The van der Waals surface area contributed by atoms with Crippen LogP contribution in [-0.4, -0.2) is 7.11 Å². The molecule has 0 saturated carbocycles. The van der Waals surface area contributed by atoms with Crippen LogP contribution in [-0.2, 0) is 0 Å². The van der Waals surface area contributed by atoms with Crippen molar-refractivity contribution in [3.8, 4) is 5.75 Å². The average Bonchev–Trinajstić information content (AvgIpc) is 1.99. The van der Waals surface area contributed by atoms with Crippen LogP contribution in [0.25, 0.3) is 0 Å². The lowest BCUT2D eigenvalue weighted by Gasteiger charge is -1.97. The highest BCUT2D eigenvalue weighted by Crippen LogP contribution is 2.11. The van der Waals surface area contributed by atoms with Crippen molar-refractivity contribution in [1.29, 1.82) is 0 Å². The number of benzene rings is 1. The molecule has 0 amide bonds. The number of nitrogen functional groups attached to an aromatic ring is 1. The molecule has 0 aliphatic rings. The molecule has 0 heterocycles. The topological polar surface area (TPSA) is 35.2 Å². The molecular weight excluding hydrogens is 114 g/mol. The van der Waals surface area contributed by atoms with Crippen molar-refractivity contribution in [3.05, 3.63) is 24.2 Å². The summed E-state index contributed by atoms with van der Waals surface area (Å²) in [7, 11) is 1.49. The Labute approximate surface area is 57.1 Å². The van der Waals surface area contributed by atoms with E-state index in [1.165, 1.54) is 19.2 Å². The third kappa shape index (κ3) is 1.35. The van der Waals surface area contributed by atoms with Gasteiger partial charge in [-0.25, -0.2) is 0 Å². The lowest BCUT2D eigenvalue weighted by atomic mass is 10.3. The van der Waals surface area contributed by atoms with Crippen LogP contribution >= 0.6 is 0 Å². The van der Waals surface area contributed by atoms with Gasteiger partial charge in [-0.15, -0.1) is 0 Å². The van der Waals surface area contributed by atoms with Crippen LogP contribution in [0.3, 0.4) is 0 Å². The molecule has 1 rings (SSSR count). The van der Waals surface area contributed by atoms with Gasteiger partial charge in [-0.05, 0) is 24.2 Å². The molecular formula is C7H9NO. The van der Waals surface area contributed by atoms with Gasteiger partial charge in [0.1, 0.15) is 5.75 Å². The maximum absolute atomic E-state index is 7.28. The van der Waals surface area contributed by atoms with Crippen molar-refractivity contribution < 1.29 is 7.48 Å². The van der Waals surface area contributed by atoms with E-state index >= 15 is 0 Å². The molecule has 0 bridgehead atoms. The zero-order valence-corrected chi connectivity index (χ0v) is 5.14. The summed E-state index contributed by atoms with van der Waals surface area (Å²) in [6, 6.07) is 3.23. The number of methoxy groups -OCH3 is 1. The van der Waals surface area contributed by atoms with E-state index in [-0.39, 0.29) is 17.8 Å². The minimum absolute atomic E-state index is 0.134. The Bertz CT molecular complexity index is 252. The van der Waals surface area contributed by atoms with Crippen LogP contribution in [0.5, 0.6) is 5.75 Å². The van der Waals surface area contributed by atoms with E-state index in [4.69, 9.17) is 13.2 Å². The maximum atomic E-state index is 7.28. The van der Waals surface area contributed by atoms with Gasteiger partial charge in [0, 0.05) is 5.69 Å². The van der Waals surface area contributed by atoms with Crippen LogP contribution in [0.4, 0.5) is 5.69 Å². The van der Waals surface area contributed by atoms with Crippen LogP contribution in [0, 0.1) is 0 Å². The van der Waals surface area contributed by atoms with E-state index in [0.29, 0.717) is 5.75 Å². The quantitative estimate of drug-likeness (QED) is 0.574. The van der Waals surface area contributed by atoms with Crippen LogP contribution in [0.2, 0.25) is 0 Å². The third-order valence-electron chi connectivity index (χ3n) is 0.976. The highest BCUT2D eigenvalue weighted by Gasteiger charge is 1.85. The number of ether oxygens (including phenoxy) is 1. The summed E-state index contributed by atoms with van der Waals surface area (Å²) in [4.78, 5) is 0. The van der Waals surface area contributed by atoms with Gasteiger partial charge < -0.3 is 10.5 Å². The van der Waals surface area contributed by atoms with Crippen molar-refractivity contribution in [2.24, 2.45) is 0 Å². The van der Waals surface area contributed by atoms with Crippen LogP contribution < -0.4 is 10.5 Å². The minimum atomic E-state index is 0.134. The predicted molar refractivity (Wildman–Crippen MR) is 37.4 cm³/mol. The van der Waals surface area contributed by atoms with Crippen LogP contribution in [0.1, 0.15) is 2.74 Å². The Balaban J connectivity index is 3.21. The second-order valence-electron chi connectivity index (χ2n) is 1.60. The first-order valence-electron chi connectivity index (χ1n) is 3.56. The standard InChI is InChI=1S/C7H9NO/c1-9-7-4-2-6(8)3-5-7/h2-5H,8H2,1H3/i2D,3D. The van der Waals surface area contributed by atoms with E-state index in [1.54, 1.807) is 0 Å².